The Balaban J connectivity index is 1.50. The van der Waals surface area contributed by atoms with Gasteiger partial charge in [-0.3, -0.25) is 4.79 Å². The third kappa shape index (κ3) is 3.69. The van der Waals surface area contributed by atoms with Gasteiger partial charge in [-0.25, -0.2) is 9.97 Å². The molecule has 1 amide bonds. The van der Waals surface area contributed by atoms with Gasteiger partial charge in [-0.15, -0.1) is 0 Å². The van der Waals surface area contributed by atoms with Crippen molar-refractivity contribution in [3.05, 3.63) is 42.0 Å². The van der Waals surface area contributed by atoms with E-state index in [9.17, 15) is 4.79 Å². The van der Waals surface area contributed by atoms with Crippen molar-refractivity contribution in [1.82, 2.24) is 19.4 Å². The lowest BCUT2D eigenvalue weighted by atomic mass is 10.2. The Morgan fingerprint density at radius 2 is 2.04 bits per heavy atom. The first-order chi connectivity index (χ1) is 13.1. The van der Waals surface area contributed by atoms with E-state index in [1.165, 1.54) is 12.8 Å². The molecule has 2 aromatic heterocycles. The molecule has 144 valence electrons. The Bertz CT molecular complexity index is 797. The first kappa shape index (κ1) is 18.0. The minimum Gasteiger partial charge on any atom is -0.368 e. The van der Waals surface area contributed by atoms with E-state index in [0.717, 1.165) is 30.4 Å². The number of carbonyl (C=O) groups excluding carboxylic acids is 1. The van der Waals surface area contributed by atoms with Crippen molar-refractivity contribution in [3.63, 3.8) is 0 Å². The van der Waals surface area contributed by atoms with Gasteiger partial charge in [-0.2, -0.15) is 0 Å². The molecule has 7 nitrogen and oxygen atoms in total. The first-order valence-corrected chi connectivity index (χ1v) is 9.79. The highest BCUT2D eigenvalue weighted by molar-refractivity contribution is 5.93. The summed E-state index contributed by atoms with van der Waals surface area (Å²) in [4.78, 5) is 26.3. The predicted molar refractivity (Wildman–Crippen MR) is 103 cm³/mol. The fourth-order valence-electron chi connectivity index (χ4n) is 3.81. The molecule has 0 aliphatic carbocycles. The minimum atomic E-state index is -0.213. The molecule has 1 unspecified atom stereocenters. The standard InChI is InChI=1S/C20H27N5O2/c1-15(2)25-11-5-6-17(25)19(26)24-12-13-27-18(14-24)16-7-8-21-20(22-16)23-9-3-4-10-23/h5-8,11,15,18H,3-4,9-10,12-14H2,1-2H3. The number of ether oxygens (including phenoxy) is 1. The summed E-state index contributed by atoms with van der Waals surface area (Å²) >= 11 is 0. The monoisotopic (exact) mass is 369 g/mol. The van der Waals surface area contributed by atoms with Crippen molar-refractivity contribution in [3.8, 4) is 0 Å². The smallest absolute Gasteiger partial charge is 0.270 e. The summed E-state index contributed by atoms with van der Waals surface area (Å²) in [7, 11) is 0. The topological polar surface area (TPSA) is 63.5 Å². The molecule has 2 fully saturated rings. The molecule has 2 aromatic rings. The van der Waals surface area contributed by atoms with Gasteiger partial charge in [0.2, 0.25) is 5.95 Å². The van der Waals surface area contributed by atoms with Crippen LogP contribution in [0.4, 0.5) is 5.95 Å². The Kier molecular flexibility index (Phi) is 5.11. The number of amides is 1. The van der Waals surface area contributed by atoms with E-state index in [1.807, 2.05) is 33.9 Å². The van der Waals surface area contributed by atoms with E-state index in [2.05, 4.69) is 23.7 Å². The van der Waals surface area contributed by atoms with Gasteiger partial charge in [0.05, 0.1) is 18.8 Å². The zero-order valence-corrected chi connectivity index (χ0v) is 16.0. The van der Waals surface area contributed by atoms with E-state index in [4.69, 9.17) is 9.72 Å². The van der Waals surface area contributed by atoms with Gasteiger partial charge in [0.1, 0.15) is 11.8 Å². The molecule has 0 N–H and O–H groups in total. The number of hydrogen-bond acceptors (Lipinski definition) is 5. The molecule has 0 radical (unpaired) electrons. The SMILES string of the molecule is CC(C)n1cccc1C(=O)N1CCOC(c2ccnc(N3CCCC3)n2)C1. The fourth-order valence-corrected chi connectivity index (χ4v) is 3.81. The maximum atomic E-state index is 13.0. The van der Waals surface area contributed by atoms with Crippen LogP contribution in [0.5, 0.6) is 0 Å². The van der Waals surface area contributed by atoms with Crippen LogP contribution in [0.1, 0.15) is 55.0 Å². The summed E-state index contributed by atoms with van der Waals surface area (Å²) in [5.41, 5.74) is 1.58. The maximum absolute atomic E-state index is 13.0. The van der Waals surface area contributed by atoms with Crippen LogP contribution in [-0.2, 0) is 4.74 Å². The highest BCUT2D eigenvalue weighted by atomic mass is 16.5. The molecule has 0 aromatic carbocycles. The molecule has 0 bridgehead atoms. The highest BCUT2D eigenvalue weighted by Crippen LogP contribution is 2.24. The van der Waals surface area contributed by atoms with Crippen LogP contribution in [0.25, 0.3) is 0 Å². The van der Waals surface area contributed by atoms with E-state index < -0.39 is 0 Å². The van der Waals surface area contributed by atoms with Crippen molar-refractivity contribution in [2.75, 3.05) is 37.7 Å². The second-order valence-electron chi connectivity index (χ2n) is 7.48. The summed E-state index contributed by atoms with van der Waals surface area (Å²) in [6.07, 6.45) is 5.91. The Labute approximate surface area is 160 Å². The van der Waals surface area contributed by atoms with Gasteiger partial charge >= 0.3 is 0 Å². The van der Waals surface area contributed by atoms with E-state index in [1.54, 1.807) is 6.20 Å². The van der Waals surface area contributed by atoms with Crippen LogP contribution >= 0.6 is 0 Å². The van der Waals surface area contributed by atoms with E-state index >= 15 is 0 Å². The average Bonchev–Trinajstić information content (AvgIpc) is 3.39. The van der Waals surface area contributed by atoms with Gasteiger partial charge in [0.15, 0.2) is 0 Å². The molecule has 0 saturated carbocycles. The molecular weight excluding hydrogens is 342 g/mol. The van der Waals surface area contributed by atoms with Crippen LogP contribution < -0.4 is 4.90 Å². The van der Waals surface area contributed by atoms with Gasteiger partial charge in [0.25, 0.3) is 5.91 Å². The van der Waals surface area contributed by atoms with Crippen LogP contribution in [0.2, 0.25) is 0 Å². The molecule has 4 heterocycles. The van der Waals surface area contributed by atoms with Gasteiger partial charge in [-0.1, -0.05) is 0 Å². The quantitative estimate of drug-likeness (QED) is 0.829. The third-order valence-corrected chi connectivity index (χ3v) is 5.29. The second kappa shape index (κ2) is 7.68. The maximum Gasteiger partial charge on any atom is 0.270 e. The molecule has 7 heteroatoms. The molecule has 27 heavy (non-hydrogen) atoms. The summed E-state index contributed by atoms with van der Waals surface area (Å²) < 4.78 is 7.96. The zero-order chi connectivity index (χ0) is 18.8. The van der Waals surface area contributed by atoms with Crippen molar-refractivity contribution in [2.45, 2.75) is 38.8 Å². The Morgan fingerprint density at radius 3 is 2.81 bits per heavy atom. The van der Waals surface area contributed by atoms with Crippen molar-refractivity contribution >= 4 is 11.9 Å². The van der Waals surface area contributed by atoms with Crippen LogP contribution in [-0.4, -0.2) is 58.1 Å². The second-order valence-corrected chi connectivity index (χ2v) is 7.48. The van der Waals surface area contributed by atoms with E-state index in [0.29, 0.717) is 19.7 Å². The largest absolute Gasteiger partial charge is 0.368 e. The van der Waals surface area contributed by atoms with Crippen molar-refractivity contribution < 1.29 is 9.53 Å². The molecule has 0 spiro atoms. The fraction of sp³-hybridized carbons (Fsp3) is 0.550. The minimum absolute atomic E-state index is 0.0517. The molecule has 2 aliphatic heterocycles. The third-order valence-electron chi connectivity index (χ3n) is 5.29. The number of anilines is 1. The number of carbonyl (C=O) groups is 1. The normalized spacial score (nSPS) is 20.5. The van der Waals surface area contributed by atoms with Crippen LogP contribution in [0.15, 0.2) is 30.6 Å². The number of nitrogens with zero attached hydrogens (tertiary/aromatic N) is 5. The Morgan fingerprint density at radius 1 is 1.22 bits per heavy atom. The zero-order valence-electron chi connectivity index (χ0n) is 16.0. The molecule has 2 aliphatic rings. The van der Waals surface area contributed by atoms with Crippen LogP contribution in [0.3, 0.4) is 0 Å². The summed E-state index contributed by atoms with van der Waals surface area (Å²) in [5, 5.41) is 0. The first-order valence-electron chi connectivity index (χ1n) is 9.79. The predicted octanol–water partition coefficient (Wildman–Crippen LogP) is 2.67. The van der Waals surface area contributed by atoms with Crippen LogP contribution in [0, 0.1) is 0 Å². The number of aromatic nitrogens is 3. The average molecular weight is 369 g/mol. The summed E-state index contributed by atoms with van der Waals surface area (Å²) in [6.45, 7) is 7.81. The van der Waals surface area contributed by atoms with Gasteiger partial charge in [-0.05, 0) is 44.9 Å². The lowest BCUT2D eigenvalue weighted by Crippen LogP contribution is -2.43. The summed E-state index contributed by atoms with van der Waals surface area (Å²) in [5.74, 6) is 0.821. The molecular formula is C20H27N5O2. The van der Waals surface area contributed by atoms with E-state index in [-0.39, 0.29) is 18.1 Å². The summed E-state index contributed by atoms with van der Waals surface area (Å²) in [6, 6.07) is 5.97. The van der Waals surface area contributed by atoms with Gasteiger partial charge in [0, 0.05) is 38.1 Å². The lowest BCUT2D eigenvalue weighted by molar-refractivity contribution is -0.0251. The number of rotatable bonds is 4. The van der Waals surface area contributed by atoms with Crippen molar-refractivity contribution in [2.24, 2.45) is 0 Å². The Hall–Kier alpha value is -2.41. The number of hydrogen-bond donors (Lipinski definition) is 0. The molecule has 4 rings (SSSR count). The highest BCUT2D eigenvalue weighted by Gasteiger charge is 2.29. The lowest BCUT2D eigenvalue weighted by Gasteiger charge is -2.33. The molecule has 1 atom stereocenters. The van der Waals surface area contributed by atoms with Crippen molar-refractivity contribution in [1.29, 1.82) is 0 Å². The number of morpholine rings is 1. The van der Waals surface area contributed by atoms with Gasteiger partial charge < -0.3 is 19.1 Å². The molecule has 2 saturated heterocycles.